The van der Waals surface area contributed by atoms with Crippen LogP contribution in [0.2, 0.25) is 13.1 Å². The molecule has 0 aliphatic heterocycles. The van der Waals surface area contributed by atoms with E-state index >= 15 is 0 Å². The van der Waals surface area contributed by atoms with Crippen LogP contribution in [0.4, 0.5) is 0 Å². The molecule has 0 radical (unpaired) electrons. The Hall–Kier alpha value is 1.16. The smallest absolute Gasteiger partial charge is 0.0357 e. The molecule has 4 aliphatic carbocycles. The van der Waals surface area contributed by atoms with Crippen molar-refractivity contribution >= 4 is 22.5 Å². The summed E-state index contributed by atoms with van der Waals surface area (Å²) >= 11 is -1.65. The SMILES string of the molecule is C[Si](C)=[Zr]([Cl])[Cl].[CH-]=C(C)CCCC1CCCCCCCC2CCCC12.[CH-]=C(C)CCCC1CCCCCCCC2CCCC12. The summed E-state index contributed by atoms with van der Waals surface area (Å²) in [7, 11) is 11.2. The van der Waals surface area contributed by atoms with E-state index in [1.165, 1.54) is 154 Å². The fourth-order valence-electron chi connectivity index (χ4n) is 9.21. The molecule has 0 aromatic carbocycles. The minimum absolute atomic E-state index is 0.224. The normalized spacial score (nSPS) is 29.4. The summed E-state index contributed by atoms with van der Waals surface area (Å²) in [4.78, 5) is 0. The average molecular weight is 743 g/mol. The molecule has 6 unspecified atom stereocenters. The molecule has 0 bridgehead atoms. The minimum atomic E-state index is -1.65. The molecule has 0 N–H and O–H groups in total. The molecule has 0 amide bonds. The van der Waals surface area contributed by atoms with Crippen LogP contribution in [0.15, 0.2) is 11.1 Å². The van der Waals surface area contributed by atoms with E-state index < -0.39 is 18.0 Å². The van der Waals surface area contributed by atoms with Gasteiger partial charge in [0.25, 0.3) is 0 Å². The Balaban J connectivity index is 0.000000260. The Morgan fingerprint density at radius 1 is 0.545 bits per heavy atom. The quantitative estimate of drug-likeness (QED) is 0.172. The summed E-state index contributed by atoms with van der Waals surface area (Å²) in [6.45, 7) is 20.1. The van der Waals surface area contributed by atoms with Gasteiger partial charge in [-0.05, 0) is 61.2 Å². The van der Waals surface area contributed by atoms with Gasteiger partial charge in [0.2, 0.25) is 0 Å². The topological polar surface area (TPSA) is 0 Å². The van der Waals surface area contributed by atoms with Crippen LogP contribution >= 0.6 is 17.0 Å². The van der Waals surface area contributed by atoms with E-state index in [0.29, 0.717) is 0 Å². The summed E-state index contributed by atoms with van der Waals surface area (Å²) in [5.41, 5.74) is 2.03. The predicted octanol–water partition coefficient (Wildman–Crippen LogP) is 14.8. The van der Waals surface area contributed by atoms with Gasteiger partial charge in [0.1, 0.15) is 0 Å². The number of hydrogen-bond donors (Lipinski definition) is 0. The first kappa shape index (κ1) is 41.3. The third kappa shape index (κ3) is 18.1. The Morgan fingerprint density at radius 3 is 1.20 bits per heavy atom. The molecule has 6 atom stereocenters. The Kier molecular flexibility index (Phi) is 23.7. The summed E-state index contributed by atoms with van der Waals surface area (Å²) in [6.07, 6.45) is 37.9. The van der Waals surface area contributed by atoms with Crippen molar-refractivity contribution in [1.82, 2.24) is 0 Å². The minimum Gasteiger partial charge on any atom is -0.515 e. The van der Waals surface area contributed by atoms with E-state index in [1.54, 1.807) is 0 Å². The molecule has 256 valence electrons. The fraction of sp³-hybridized carbons (Fsp3) is 0.900. The van der Waals surface area contributed by atoms with E-state index in [9.17, 15) is 0 Å². The molecule has 0 spiro atoms. The Bertz CT molecular complexity index is 748. The van der Waals surface area contributed by atoms with Crippen molar-refractivity contribution in [3.8, 4) is 0 Å². The summed E-state index contributed by atoms with van der Waals surface area (Å²) in [6, 6.07) is 0. The first-order valence-corrected chi connectivity index (χ1v) is 31.8. The Morgan fingerprint density at radius 2 is 0.864 bits per heavy atom. The van der Waals surface area contributed by atoms with E-state index in [4.69, 9.17) is 30.2 Å². The van der Waals surface area contributed by atoms with Crippen LogP contribution in [0.25, 0.3) is 0 Å². The number of rotatable bonds is 8. The monoisotopic (exact) mass is 740 g/mol. The van der Waals surface area contributed by atoms with Crippen molar-refractivity contribution in [2.45, 2.75) is 194 Å². The zero-order valence-corrected chi connectivity index (χ0v) is 34.7. The van der Waals surface area contributed by atoms with Crippen molar-refractivity contribution in [3.63, 3.8) is 0 Å². The molecular weight excluding hydrogens is 671 g/mol. The van der Waals surface area contributed by atoms with Gasteiger partial charge < -0.3 is 13.2 Å². The second-order valence-corrected chi connectivity index (χ2v) is 38.6. The van der Waals surface area contributed by atoms with Gasteiger partial charge in [-0.1, -0.05) is 155 Å². The van der Waals surface area contributed by atoms with Gasteiger partial charge in [-0.25, -0.2) is 0 Å². The summed E-state index contributed by atoms with van der Waals surface area (Å²) < 4.78 is 0. The van der Waals surface area contributed by atoms with Crippen LogP contribution in [0, 0.1) is 48.7 Å². The van der Waals surface area contributed by atoms with Gasteiger partial charge >= 0.3 is 53.5 Å². The van der Waals surface area contributed by atoms with E-state index in [0.717, 1.165) is 59.5 Å². The summed E-state index contributed by atoms with van der Waals surface area (Å²) in [5, 5.41) is 0. The predicted molar refractivity (Wildman–Crippen MR) is 197 cm³/mol. The standard InChI is InChI=1S/2C19H33.C2H6Si.2ClH.Zr/c2*1-16(2)10-8-13-17-11-6-4-3-5-7-12-18-14-9-15-19(17)18;1-3-2;;;/h2*1,17-19H,3-15H2,2H3;1-2H3;2*1H;/q2*-1;;;;+2/p-2. The van der Waals surface area contributed by atoms with Crippen molar-refractivity contribution in [2.75, 3.05) is 0 Å². The molecular formula is C40H72Cl2SiZr-2. The van der Waals surface area contributed by atoms with E-state index in [2.05, 4.69) is 26.9 Å². The van der Waals surface area contributed by atoms with E-state index in [-0.39, 0.29) is 5.43 Å². The largest absolute Gasteiger partial charge is 0.515 e. The van der Waals surface area contributed by atoms with Gasteiger partial charge in [0.05, 0.1) is 0 Å². The first-order valence-electron chi connectivity index (χ1n) is 19.3. The second-order valence-electron chi connectivity index (χ2n) is 15.7. The maximum Gasteiger partial charge on any atom is -0.0357 e. The molecule has 4 heteroatoms. The van der Waals surface area contributed by atoms with Crippen LogP contribution in [0.3, 0.4) is 0 Å². The third-order valence-corrected chi connectivity index (χ3v) is 31.4. The molecule has 0 nitrogen and oxygen atoms in total. The first-order chi connectivity index (χ1) is 21.2. The Labute approximate surface area is 292 Å². The van der Waals surface area contributed by atoms with Gasteiger partial charge in [-0.3, -0.25) is 11.1 Å². The van der Waals surface area contributed by atoms with Gasteiger partial charge in [-0.2, -0.15) is 0 Å². The van der Waals surface area contributed by atoms with Crippen LogP contribution in [0.1, 0.15) is 181 Å². The van der Waals surface area contributed by atoms with Crippen molar-refractivity contribution in [1.29, 1.82) is 0 Å². The van der Waals surface area contributed by atoms with Crippen LogP contribution in [-0.2, 0) is 18.0 Å². The molecule has 4 rings (SSSR count). The third-order valence-electron chi connectivity index (χ3n) is 11.6. The van der Waals surface area contributed by atoms with Crippen molar-refractivity contribution < 1.29 is 18.0 Å². The van der Waals surface area contributed by atoms with Crippen LogP contribution in [0.5, 0.6) is 0 Å². The van der Waals surface area contributed by atoms with Crippen molar-refractivity contribution in [2.24, 2.45) is 35.5 Å². The number of halogens is 2. The molecule has 4 fully saturated rings. The number of fused-ring (bicyclic) bond motifs is 2. The molecule has 0 saturated heterocycles. The molecule has 44 heavy (non-hydrogen) atoms. The van der Waals surface area contributed by atoms with Crippen LogP contribution in [-0.4, -0.2) is 5.43 Å². The summed E-state index contributed by atoms with van der Waals surface area (Å²) in [5.74, 6) is 6.32. The molecule has 4 aliphatic rings. The second kappa shape index (κ2) is 25.2. The van der Waals surface area contributed by atoms with E-state index in [1.807, 2.05) is 0 Å². The fourth-order valence-corrected chi connectivity index (χ4v) is 9.21. The molecule has 0 heterocycles. The number of allylic oxidation sites excluding steroid dienone is 2. The zero-order valence-electron chi connectivity index (χ0n) is 29.8. The van der Waals surface area contributed by atoms with Gasteiger partial charge in [0.15, 0.2) is 0 Å². The van der Waals surface area contributed by atoms with Crippen LogP contribution < -0.4 is 0 Å². The van der Waals surface area contributed by atoms with Crippen molar-refractivity contribution in [3.05, 3.63) is 24.3 Å². The number of hydrogen-bond acceptors (Lipinski definition) is 0. The molecule has 0 aromatic rings. The average Bonchev–Trinajstić information content (AvgIpc) is 3.65. The maximum absolute atomic E-state index is 5.83. The maximum atomic E-state index is 5.83. The molecule has 0 aromatic heterocycles. The zero-order chi connectivity index (χ0) is 32.2. The van der Waals surface area contributed by atoms with Gasteiger partial charge in [-0.15, -0.1) is 0 Å². The van der Waals surface area contributed by atoms with Gasteiger partial charge in [0, 0.05) is 0 Å². The molecule has 4 saturated carbocycles.